The number of likely N-dealkylation sites (tertiary alicyclic amines) is 1. The van der Waals surface area contributed by atoms with E-state index in [-0.39, 0.29) is 10.8 Å². The molecule has 0 bridgehead atoms. The van der Waals surface area contributed by atoms with E-state index < -0.39 is 5.60 Å². The number of methoxy groups -OCH3 is 1. The molecule has 2 fully saturated rings. The van der Waals surface area contributed by atoms with Crippen LogP contribution in [0.15, 0.2) is 6.20 Å². The van der Waals surface area contributed by atoms with Gasteiger partial charge in [-0.15, -0.1) is 16.9 Å². The van der Waals surface area contributed by atoms with Crippen molar-refractivity contribution in [2.45, 2.75) is 50.0 Å². The summed E-state index contributed by atoms with van der Waals surface area (Å²) in [7, 11) is 1.67. The lowest BCUT2D eigenvalue weighted by atomic mass is 10.1. The molecule has 1 saturated carbocycles. The SMILES string of the molecule is CCSC1(C(=O)N2CC(n3cc(C(C)(C)OC)nn3)C2)CC1. The summed E-state index contributed by atoms with van der Waals surface area (Å²) >= 11 is 1.80. The Hall–Kier alpha value is -1.08. The van der Waals surface area contributed by atoms with Crippen molar-refractivity contribution in [1.29, 1.82) is 0 Å². The number of carbonyl (C=O) groups excluding carboxylic acids is 1. The van der Waals surface area contributed by atoms with Gasteiger partial charge in [0.1, 0.15) is 11.3 Å². The molecule has 1 amide bonds. The summed E-state index contributed by atoms with van der Waals surface area (Å²) in [6.07, 6.45) is 3.99. The monoisotopic (exact) mass is 324 g/mol. The Labute approximate surface area is 135 Å². The van der Waals surface area contributed by atoms with Crippen molar-refractivity contribution in [3.63, 3.8) is 0 Å². The predicted octanol–water partition coefficient (Wildman–Crippen LogP) is 1.83. The Balaban J connectivity index is 1.59. The Morgan fingerprint density at radius 2 is 2.18 bits per heavy atom. The molecule has 2 heterocycles. The first-order valence-electron chi connectivity index (χ1n) is 7.82. The number of hydrogen-bond donors (Lipinski definition) is 0. The highest BCUT2D eigenvalue weighted by Crippen LogP contribution is 2.50. The second kappa shape index (κ2) is 5.53. The number of rotatable bonds is 6. The van der Waals surface area contributed by atoms with Crippen LogP contribution in [0.2, 0.25) is 0 Å². The van der Waals surface area contributed by atoms with Crippen LogP contribution in [-0.4, -0.2) is 56.5 Å². The third-order valence-corrected chi connectivity index (χ3v) is 6.10. The first kappa shape index (κ1) is 15.8. The summed E-state index contributed by atoms with van der Waals surface area (Å²) < 4.78 is 7.19. The molecule has 0 spiro atoms. The van der Waals surface area contributed by atoms with E-state index in [1.165, 1.54) is 0 Å². The summed E-state index contributed by atoms with van der Waals surface area (Å²) in [5, 5.41) is 8.41. The quantitative estimate of drug-likeness (QED) is 0.799. The maximum Gasteiger partial charge on any atom is 0.238 e. The van der Waals surface area contributed by atoms with Crippen molar-refractivity contribution in [1.82, 2.24) is 19.9 Å². The average molecular weight is 324 g/mol. The van der Waals surface area contributed by atoms with E-state index >= 15 is 0 Å². The van der Waals surface area contributed by atoms with Crippen LogP contribution < -0.4 is 0 Å². The summed E-state index contributed by atoms with van der Waals surface area (Å²) in [4.78, 5) is 14.5. The Morgan fingerprint density at radius 1 is 1.50 bits per heavy atom. The number of nitrogens with zero attached hydrogens (tertiary/aromatic N) is 4. The second-order valence-corrected chi connectivity index (χ2v) is 8.24. The van der Waals surface area contributed by atoms with E-state index in [4.69, 9.17) is 4.74 Å². The van der Waals surface area contributed by atoms with Crippen LogP contribution in [0.5, 0.6) is 0 Å². The molecular formula is C15H24N4O2S. The maximum absolute atomic E-state index is 12.5. The van der Waals surface area contributed by atoms with Crippen molar-refractivity contribution in [2.75, 3.05) is 26.0 Å². The van der Waals surface area contributed by atoms with Gasteiger partial charge in [0, 0.05) is 20.2 Å². The van der Waals surface area contributed by atoms with Crippen molar-refractivity contribution in [3.8, 4) is 0 Å². The molecule has 1 aromatic heterocycles. The summed E-state index contributed by atoms with van der Waals surface area (Å²) in [5.74, 6) is 1.31. The molecule has 22 heavy (non-hydrogen) atoms. The Bertz CT molecular complexity index is 562. The van der Waals surface area contributed by atoms with Gasteiger partial charge in [-0.3, -0.25) is 4.79 Å². The van der Waals surface area contributed by atoms with Crippen molar-refractivity contribution < 1.29 is 9.53 Å². The van der Waals surface area contributed by atoms with Gasteiger partial charge in [0.25, 0.3) is 0 Å². The number of ether oxygens (including phenoxy) is 1. The molecule has 2 aliphatic rings. The molecule has 7 heteroatoms. The third-order valence-electron chi connectivity index (χ3n) is 4.68. The first-order chi connectivity index (χ1) is 10.4. The lowest BCUT2D eigenvalue weighted by Gasteiger charge is -2.40. The Morgan fingerprint density at radius 3 is 2.73 bits per heavy atom. The molecule has 1 aliphatic heterocycles. The van der Waals surface area contributed by atoms with Gasteiger partial charge in [-0.25, -0.2) is 4.68 Å². The van der Waals surface area contributed by atoms with Crippen LogP contribution in [0.25, 0.3) is 0 Å². The zero-order valence-electron chi connectivity index (χ0n) is 13.7. The van der Waals surface area contributed by atoms with Crippen LogP contribution in [0, 0.1) is 0 Å². The van der Waals surface area contributed by atoms with Crippen LogP contribution in [0.3, 0.4) is 0 Å². The minimum atomic E-state index is -0.437. The zero-order chi connectivity index (χ0) is 16.0. The van der Waals surface area contributed by atoms with Gasteiger partial charge in [0.15, 0.2) is 0 Å². The van der Waals surface area contributed by atoms with Crippen LogP contribution in [-0.2, 0) is 15.1 Å². The summed E-state index contributed by atoms with van der Waals surface area (Å²) in [6.45, 7) is 7.53. The summed E-state index contributed by atoms with van der Waals surface area (Å²) in [6, 6.07) is 0.236. The molecule has 0 N–H and O–H groups in total. The maximum atomic E-state index is 12.5. The topological polar surface area (TPSA) is 60.2 Å². The van der Waals surface area contributed by atoms with Gasteiger partial charge < -0.3 is 9.64 Å². The molecule has 1 aromatic rings. The minimum Gasteiger partial charge on any atom is -0.372 e. The molecule has 0 aromatic carbocycles. The van der Waals surface area contributed by atoms with Crippen LogP contribution >= 0.6 is 11.8 Å². The highest BCUT2D eigenvalue weighted by Gasteiger charge is 2.53. The van der Waals surface area contributed by atoms with E-state index in [1.54, 1.807) is 18.9 Å². The van der Waals surface area contributed by atoms with Crippen molar-refractivity contribution in [2.24, 2.45) is 0 Å². The summed E-state index contributed by atoms with van der Waals surface area (Å²) in [5.41, 5.74) is 0.382. The largest absolute Gasteiger partial charge is 0.372 e. The number of aromatic nitrogens is 3. The molecule has 0 unspecified atom stereocenters. The van der Waals surface area contributed by atoms with E-state index in [2.05, 4.69) is 17.2 Å². The lowest BCUT2D eigenvalue weighted by Crippen LogP contribution is -2.54. The van der Waals surface area contributed by atoms with E-state index in [9.17, 15) is 4.79 Å². The van der Waals surface area contributed by atoms with Crippen LogP contribution in [0.1, 0.15) is 45.3 Å². The van der Waals surface area contributed by atoms with Crippen LogP contribution in [0.4, 0.5) is 0 Å². The lowest BCUT2D eigenvalue weighted by molar-refractivity contribution is -0.137. The third kappa shape index (κ3) is 2.65. The molecule has 6 nitrogen and oxygen atoms in total. The van der Waals surface area contributed by atoms with Crippen molar-refractivity contribution in [3.05, 3.63) is 11.9 Å². The van der Waals surface area contributed by atoms with E-state index in [0.29, 0.717) is 5.91 Å². The van der Waals surface area contributed by atoms with Gasteiger partial charge in [0.05, 0.1) is 17.0 Å². The van der Waals surface area contributed by atoms with Gasteiger partial charge in [-0.2, -0.15) is 0 Å². The molecule has 1 aliphatic carbocycles. The van der Waals surface area contributed by atoms with Crippen molar-refractivity contribution >= 4 is 17.7 Å². The van der Waals surface area contributed by atoms with E-state index in [0.717, 1.165) is 37.4 Å². The highest BCUT2D eigenvalue weighted by atomic mass is 32.2. The standard InChI is InChI=1S/C15H24N4O2S/c1-5-22-15(6-7-15)13(20)18-8-11(9-18)19-10-12(16-17-19)14(2,3)21-4/h10-11H,5-9H2,1-4H3. The van der Waals surface area contributed by atoms with Gasteiger partial charge >= 0.3 is 0 Å². The van der Waals surface area contributed by atoms with Gasteiger partial charge in [-0.05, 0) is 32.4 Å². The first-order valence-corrected chi connectivity index (χ1v) is 8.81. The fourth-order valence-electron chi connectivity index (χ4n) is 2.72. The number of hydrogen-bond acceptors (Lipinski definition) is 5. The zero-order valence-corrected chi connectivity index (χ0v) is 14.5. The van der Waals surface area contributed by atoms with E-state index in [1.807, 2.05) is 29.6 Å². The predicted molar refractivity (Wildman–Crippen MR) is 85.8 cm³/mol. The number of thioether (sulfide) groups is 1. The number of carbonyl (C=O) groups is 1. The molecule has 122 valence electrons. The van der Waals surface area contributed by atoms with Gasteiger partial charge in [-0.1, -0.05) is 12.1 Å². The fraction of sp³-hybridized carbons (Fsp3) is 0.800. The molecular weight excluding hydrogens is 300 g/mol. The molecule has 0 radical (unpaired) electrons. The second-order valence-electron chi connectivity index (χ2n) is 6.59. The molecule has 1 saturated heterocycles. The average Bonchev–Trinajstić information content (AvgIpc) is 3.06. The highest BCUT2D eigenvalue weighted by molar-refractivity contribution is 8.01. The van der Waals surface area contributed by atoms with Gasteiger partial charge in [0.2, 0.25) is 5.91 Å². The fourth-order valence-corrected chi connectivity index (χ4v) is 3.92. The molecule has 0 atom stereocenters. The minimum absolute atomic E-state index is 0.106. The normalized spacial score (nSPS) is 20.8. The number of amides is 1. The Kier molecular flexibility index (Phi) is 3.97. The molecule has 3 rings (SSSR count). The smallest absolute Gasteiger partial charge is 0.238 e.